The van der Waals surface area contributed by atoms with Crippen LogP contribution in [0.15, 0.2) is 12.4 Å². The van der Waals surface area contributed by atoms with Gasteiger partial charge in [0.25, 0.3) is 0 Å². The summed E-state index contributed by atoms with van der Waals surface area (Å²) >= 11 is 0. The van der Waals surface area contributed by atoms with Crippen LogP contribution in [-0.2, 0) is 15.1 Å². The molecule has 1 aromatic rings. The molecule has 1 N–H and O–H groups in total. The molecule has 0 spiro atoms. The number of nitrogens with zero attached hydrogens (tertiary/aromatic N) is 3. The zero-order valence-electron chi connectivity index (χ0n) is 15.7. The minimum atomic E-state index is -0.377. The molecule has 2 amide bonds. The normalized spacial score (nSPS) is 18.8. The maximum Gasteiger partial charge on any atom is 0.247 e. The van der Waals surface area contributed by atoms with Gasteiger partial charge in [0.2, 0.25) is 11.8 Å². The third kappa shape index (κ3) is 4.58. The lowest BCUT2D eigenvalue weighted by molar-refractivity contribution is -0.138. The van der Waals surface area contributed by atoms with E-state index in [4.69, 9.17) is 0 Å². The summed E-state index contributed by atoms with van der Waals surface area (Å²) in [6.45, 7) is 12.9. The van der Waals surface area contributed by atoms with Crippen LogP contribution in [0.4, 0.5) is 5.69 Å². The predicted molar refractivity (Wildman–Crippen MR) is 94.7 cm³/mol. The molecule has 0 aromatic carbocycles. The van der Waals surface area contributed by atoms with Crippen LogP contribution in [0.3, 0.4) is 0 Å². The number of hydrogen-bond acceptors (Lipinski definition) is 3. The van der Waals surface area contributed by atoms with E-state index < -0.39 is 0 Å². The molecular formula is C18H30N4O2. The van der Waals surface area contributed by atoms with Crippen LogP contribution in [0.1, 0.15) is 60.8 Å². The lowest BCUT2D eigenvalue weighted by atomic mass is 9.91. The van der Waals surface area contributed by atoms with Crippen molar-refractivity contribution < 1.29 is 9.59 Å². The number of amides is 2. The standard InChI is InChI=1S/C18H30N4O2/c1-17(2,3)10-15(23)21-9-7-8-14(21)16(24)20-13-11-19-22(12-13)18(4,5)6/h11-12,14H,7-10H2,1-6H3,(H,20,24). The number of aromatic nitrogens is 2. The fourth-order valence-electron chi connectivity index (χ4n) is 2.87. The molecule has 0 aliphatic carbocycles. The number of hydrogen-bond donors (Lipinski definition) is 1. The smallest absolute Gasteiger partial charge is 0.247 e. The van der Waals surface area contributed by atoms with Gasteiger partial charge >= 0.3 is 0 Å². The molecule has 1 atom stereocenters. The fourth-order valence-corrected chi connectivity index (χ4v) is 2.87. The third-order valence-electron chi connectivity index (χ3n) is 4.09. The van der Waals surface area contributed by atoms with Crippen LogP contribution in [0.5, 0.6) is 0 Å². The Hall–Kier alpha value is -1.85. The van der Waals surface area contributed by atoms with E-state index in [-0.39, 0.29) is 28.8 Å². The molecule has 1 aromatic heterocycles. The van der Waals surface area contributed by atoms with Gasteiger partial charge in [-0.05, 0) is 39.0 Å². The first-order valence-electron chi connectivity index (χ1n) is 8.63. The molecule has 2 rings (SSSR count). The first-order valence-corrected chi connectivity index (χ1v) is 8.63. The Labute approximate surface area is 144 Å². The summed E-state index contributed by atoms with van der Waals surface area (Å²) in [5.41, 5.74) is 0.463. The molecule has 134 valence electrons. The summed E-state index contributed by atoms with van der Waals surface area (Å²) in [5, 5.41) is 7.20. The largest absolute Gasteiger partial charge is 0.331 e. The van der Waals surface area contributed by atoms with Gasteiger partial charge in [0.05, 0.1) is 17.4 Å². The molecule has 1 saturated heterocycles. The van der Waals surface area contributed by atoms with Gasteiger partial charge in [-0.1, -0.05) is 20.8 Å². The van der Waals surface area contributed by atoms with E-state index in [2.05, 4.69) is 31.2 Å². The SMILES string of the molecule is CC(C)(C)CC(=O)N1CCCC1C(=O)Nc1cnn(C(C)(C)C)c1. The minimum Gasteiger partial charge on any atom is -0.331 e. The average Bonchev–Trinajstić information content (AvgIpc) is 3.03. The van der Waals surface area contributed by atoms with Crippen molar-refractivity contribution in [3.05, 3.63) is 12.4 Å². The molecule has 0 saturated carbocycles. The lowest BCUT2D eigenvalue weighted by Crippen LogP contribution is -2.44. The molecule has 6 heteroatoms. The topological polar surface area (TPSA) is 67.2 Å². The summed E-state index contributed by atoms with van der Waals surface area (Å²) in [4.78, 5) is 26.8. The summed E-state index contributed by atoms with van der Waals surface area (Å²) in [5.74, 6) is -0.0613. The van der Waals surface area contributed by atoms with E-state index in [1.807, 2.05) is 31.6 Å². The van der Waals surface area contributed by atoms with Crippen LogP contribution in [0.25, 0.3) is 0 Å². The zero-order chi connectivity index (χ0) is 18.1. The van der Waals surface area contributed by atoms with Crippen molar-refractivity contribution in [2.75, 3.05) is 11.9 Å². The summed E-state index contributed by atoms with van der Waals surface area (Å²) in [6.07, 6.45) is 5.52. The number of carbonyl (C=O) groups excluding carboxylic acids is 2. The Kier molecular flexibility index (Phi) is 5.06. The molecule has 0 bridgehead atoms. The van der Waals surface area contributed by atoms with E-state index in [1.165, 1.54) is 0 Å². The minimum absolute atomic E-state index is 0.0607. The maximum atomic E-state index is 12.6. The summed E-state index contributed by atoms with van der Waals surface area (Å²) in [7, 11) is 0. The highest BCUT2D eigenvalue weighted by Crippen LogP contribution is 2.25. The zero-order valence-corrected chi connectivity index (χ0v) is 15.7. The highest BCUT2D eigenvalue weighted by Gasteiger charge is 2.35. The van der Waals surface area contributed by atoms with Gasteiger partial charge in [0.1, 0.15) is 6.04 Å². The van der Waals surface area contributed by atoms with Crippen molar-refractivity contribution >= 4 is 17.5 Å². The fraction of sp³-hybridized carbons (Fsp3) is 0.722. The second-order valence-electron chi connectivity index (χ2n) is 8.82. The third-order valence-corrected chi connectivity index (χ3v) is 4.09. The van der Waals surface area contributed by atoms with Crippen LogP contribution >= 0.6 is 0 Å². The van der Waals surface area contributed by atoms with Crippen LogP contribution in [-0.4, -0.2) is 39.1 Å². The molecule has 6 nitrogen and oxygen atoms in total. The van der Waals surface area contributed by atoms with Gasteiger partial charge in [0.15, 0.2) is 0 Å². The molecule has 1 unspecified atom stereocenters. The van der Waals surface area contributed by atoms with Crippen molar-refractivity contribution in [3.63, 3.8) is 0 Å². The van der Waals surface area contributed by atoms with Crippen LogP contribution < -0.4 is 5.32 Å². The average molecular weight is 334 g/mol. The number of likely N-dealkylation sites (tertiary alicyclic amines) is 1. The van der Waals surface area contributed by atoms with Crippen LogP contribution in [0, 0.1) is 5.41 Å². The molecule has 2 heterocycles. The highest BCUT2D eigenvalue weighted by atomic mass is 16.2. The van der Waals surface area contributed by atoms with Crippen molar-refractivity contribution in [2.24, 2.45) is 5.41 Å². The number of anilines is 1. The van der Waals surface area contributed by atoms with E-state index in [0.717, 1.165) is 12.8 Å². The maximum absolute atomic E-state index is 12.6. The Bertz CT molecular complexity index is 607. The molecular weight excluding hydrogens is 304 g/mol. The molecule has 0 radical (unpaired) electrons. The predicted octanol–water partition coefficient (Wildman–Crippen LogP) is 3.00. The lowest BCUT2D eigenvalue weighted by Gasteiger charge is -2.27. The molecule has 1 fully saturated rings. The highest BCUT2D eigenvalue weighted by molar-refractivity contribution is 5.97. The second-order valence-corrected chi connectivity index (χ2v) is 8.82. The van der Waals surface area contributed by atoms with Gasteiger partial charge < -0.3 is 10.2 Å². The Morgan fingerprint density at radius 3 is 2.46 bits per heavy atom. The number of carbonyl (C=O) groups is 2. The summed E-state index contributed by atoms with van der Waals surface area (Å²) < 4.78 is 1.82. The van der Waals surface area contributed by atoms with Crippen molar-refractivity contribution in [1.82, 2.24) is 14.7 Å². The number of rotatable bonds is 3. The summed E-state index contributed by atoms with van der Waals surface area (Å²) in [6, 6.07) is -0.377. The Morgan fingerprint density at radius 1 is 1.25 bits per heavy atom. The molecule has 1 aliphatic heterocycles. The Balaban J connectivity index is 2.03. The number of nitrogens with one attached hydrogen (secondary N) is 1. The van der Waals surface area contributed by atoms with Crippen molar-refractivity contribution in [2.45, 2.75) is 72.4 Å². The van der Waals surface area contributed by atoms with E-state index in [9.17, 15) is 9.59 Å². The Morgan fingerprint density at radius 2 is 1.92 bits per heavy atom. The van der Waals surface area contributed by atoms with Gasteiger partial charge in [-0.2, -0.15) is 5.10 Å². The van der Waals surface area contributed by atoms with E-state index in [0.29, 0.717) is 18.7 Å². The first kappa shape index (κ1) is 18.5. The van der Waals surface area contributed by atoms with Gasteiger partial charge in [-0.25, -0.2) is 0 Å². The quantitative estimate of drug-likeness (QED) is 0.924. The van der Waals surface area contributed by atoms with Crippen molar-refractivity contribution in [3.8, 4) is 0 Å². The van der Waals surface area contributed by atoms with Gasteiger partial charge in [0, 0.05) is 19.2 Å². The van der Waals surface area contributed by atoms with E-state index in [1.54, 1.807) is 11.1 Å². The second kappa shape index (κ2) is 6.57. The van der Waals surface area contributed by atoms with Crippen molar-refractivity contribution in [1.29, 1.82) is 0 Å². The van der Waals surface area contributed by atoms with Gasteiger partial charge in [-0.3, -0.25) is 14.3 Å². The molecule has 1 aliphatic rings. The van der Waals surface area contributed by atoms with Gasteiger partial charge in [-0.15, -0.1) is 0 Å². The first-order chi connectivity index (χ1) is 11.0. The molecule has 24 heavy (non-hydrogen) atoms. The monoisotopic (exact) mass is 334 g/mol. The van der Waals surface area contributed by atoms with E-state index >= 15 is 0 Å². The van der Waals surface area contributed by atoms with Crippen LogP contribution in [0.2, 0.25) is 0 Å².